The van der Waals surface area contributed by atoms with E-state index in [1.165, 1.54) is 0 Å². The van der Waals surface area contributed by atoms with Crippen LogP contribution >= 0.6 is 0 Å². The Bertz CT molecular complexity index is 325. The van der Waals surface area contributed by atoms with Gasteiger partial charge in [0.15, 0.2) is 0 Å². The zero-order chi connectivity index (χ0) is 12.1. The molecule has 1 aromatic rings. The van der Waals surface area contributed by atoms with Crippen molar-refractivity contribution in [3.8, 4) is 0 Å². The predicted molar refractivity (Wildman–Crippen MR) is 66.1 cm³/mol. The van der Waals surface area contributed by atoms with Crippen LogP contribution in [-0.4, -0.2) is 17.8 Å². The summed E-state index contributed by atoms with van der Waals surface area (Å²) in [5.74, 6) is 0.445. The molecule has 1 aromatic carbocycles. The van der Waals surface area contributed by atoms with Crippen molar-refractivity contribution in [2.24, 2.45) is 5.92 Å². The molecule has 90 valence electrons. The summed E-state index contributed by atoms with van der Waals surface area (Å²) >= 11 is 0. The smallest absolute Gasteiger partial charge is 0.104 e. The van der Waals surface area contributed by atoms with Crippen molar-refractivity contribution >= 4 is 5.69 Å². The fourth-order valence-electron chi connectivity index (χ4n) is 1.34. The van der Waals surface area contributed by atoms with Gasteiger partial charge in [0.25, 0.3) is 0 Å². The molecule has 0 aromatic heterocycles. The number of aliphatic hydroxyl groups excluding tert-OH is 1. The fourth-order valence-corrected chi connectivity index (χ4v) is 1.34. The molecule has 0 aliphatic carbocycles. The van der Waals surface area contributed by atoms with E-state index >= 15 is 0 Å². The number of rotatable bonds is 5. The highest BCUT2D eigenvalue weighted by Gasteiger charge is 2.14. The highest BCUT2D eigenvalue weighted by molar-refractivity contribution is 5.47. The van der Waals surface area contributed by atoms with Gasteiger partial charge in [-0.25, -0.2) is 0 Å². The Hall–Kier alpha value is -1.06. The first-order chi connectivity index (χ1) is 7.52. The van der Waals surface area contributed by atoms with Gasteiger partial charge in [0.2, 0.25) is 0 Å². The van der Waals surface area contributed by atoms with Crippen LogP contribution in [0.25, 0.3) is 0 Å². The second-order valence-corrected chi connectivity index (χ2v) is 4.43. The molecule has 1 rings (SSSR count). The van der Waals surface area contributed by atoms with E-state index in [4.69, 9.17) is 10.5 Å². The first-order valence-corrected chi connectivity index (χ1v) is 5.66. The molecule has 3 N–H and O–H groups in total. The molecule has 0 spiro atoms. The van der Waals surface area contributed by atoms with E-state index in [0.29, 0.717) is 11.6 Å². The Morgan fingerprint density at radius 3 is 2.44 bits per heavy atom. The standard InChI is InChI=1S/C13H21NO2/c1-9(2)10(3)16-8-13(15)11-6-4-5-7-12(11)14/h4-7,9-10,13,15H,8,14H2,1-3H3. The molecule has 0 amide bonds. The van der Waals surface area contributed by atoms with Gasteiger partial charge in [0.1, 0.15) is 6.10 Å². The van der Waals surface area contributed by atoms with Crippen molar-refractivity contribution in [1.29, 1.82) is 0 Å². The minimum atomic E-state index is -0.651. The largest absolute Gasteiger partial charge is 0.398 e. The molecule has 2 atom stereocenters. The van der Waals surface area contributed by atoms with Crippen molar-refractivity contribution in [1.82, 2.24) is 0 Å². The third-order valence-corrected chi connectivity index (χ3v) is 2.81. The van der Waals surface area contributed by atoms with E-state index in [-0.39, 0.29) is 12.7 Å². The van der Waals surface area contributed by atoms with Crippen LogP contribution < -0.4 is 5.73 Å². The molecule has 3 nitrogen and oxygen atoms in total. The molecule has 16 heavy (non-hydrogen) atoms. The summed E-state index contributed by atoms with van der Waals surface area (Å²) in [6, 6.07) is 7.32. The van der Waals surface area contributed by atoms with E-state index in [1.807, 2.05) is 25.1 Å². The van der Waals surface area contributed by atoms with Gasteiger partial charge >= 0.3 is 0 Å². The third-order valence-electron chi connectivity index (χ3n) is 2.81. The number of nitrogen functional groups attached to an aromatic ring is 1. The number of benzene rings is 1. The number of aliphatic hydroxyl groups is 1. The van der Waals surface area contributed by atoms with Gasteiger partial charge in [-0.2, -0.15) is 0 Å². The molecule has 2 unspecified atom stereocenters. The van der Waals surface area contributed by atoms with Gasteiger partial charge in [-0.1, -0.05) is 32.0 Å². The minimum absolute atomic E-state index is 0.139. The molecule has 0 bridgehead atoms. The summed E-state index contributed by atoms with van der Waals surface area (Å²) in [5.41, 5.74) is 7.11. The Morgan fingerprint density at radius 2 is 1.88 bits per heavy atom. The lowest BCUT2D eigenvalue weighted by atomic mass is 10.1. The summed E-state index contributed by atoms with van der Waals surface area (Å²) < 4.78 is 5.57. The first kappa shape index (κ1) is 13.0. The Labute approximate surface area is 97.2 Å². The maximum Gasteiger partial charge on any atom is 0.104 e. The number of anilines is 1. The van der Waals surface area contributed by atoms with Crippen LogP contribution in [-0.2, 0) is 4.74 Å². The van der Waals surface area contributed by atoms with E-state index in [9.17, 15) is 5.11 Å². The van der Waals surface area contributed by atoms with Crippen LogP contribution in [0.1, 0.15) is 32.4 Å². The average molecular weight is 223 g/mol. The predicted octanol–water partition coefficient (Wildman–Crippen LogP) is 2.36. The molecule has 0 radical (unpaired) electrons. The second kappa shape index (κ2) is 5.87. The van der Waals surface area contributed by atoms with Gasteiger partial charge in [0.05, 0.1) is 12.7 Å². The highest BCUT2D eigenvalue weighted by Crippen LogP contribution is 2.21. The topological polar surface area (TPSA) is 55.5 Å². The summed E-state index contributed by atoms with van der Waals surface area (Å²) in [5, 5.41) is 9.93. The van der Waals surface area contributed by atoms with Gasteiger partial charge in [-0.15, -0.1) is 0 Å². The monoisotopic (exact) mass is 223 g/mol. The number of nitrogens with two attached hydrogens (primary N) is 1. The van der Waals surface area contributed by atoms with E-state index in [0.717, 1.165) is 5.56 Å². The van der Waals surface area contributed by atoms with Gasteiger partial charge in [-0.05, 0) is 18.9 Å². The van der Waals surface area contributed by atoms with Crippen molar-refractivity contribution in [2.75, 3.05) is 12.3 Å². The summed E-state index contributed by atoms with van der Waals surface area (Å²) in [6.07, 6.45) is -0.512. The molecule has 0 fully saturated rings. The Kier molecular flexibility index (Phi) is 4.77. The lowest BCUT2D eigenvalue weighted by molar-refractivity contribution is -0.0204. The summed E-state index contributed by atoms with van der Waals surface area (Å²) in [7, 11) is 0. The van der Waals surface area contributed by atoms with Crippen molar-refractivity contribution in [2.45, 2.75) is 33.0 Å². The zero-order valence-corrected chi connectivity index (χ0v) is 10.2. The van der Waals surface area contributed by atoms with Crippen LogP contribution in [0.15, 0.2) is 24.3 Å². The summed E-state index contributed by atoms with van der Waals surface area (Å²) in [4.78, 5) is 0. The van der Waals surface area contributed by atoms with Crippen molar-refractivity contribution in [3.63, 3.8) is 0 Å². The summed E-state index contributed by atoms with van der Waals surface area (Å²) in [6.45, 7) is 6.47. The first-order valence-electron chi connectivity index (χ1n) is 5.66. The molecular weight excluding hydrogens is 202 g/mol. The minimum Gasteiger partial charge on any atom is -0.398 e. The highest BCUT2D eigenvalue weighted by atomic mass is 16.5. The van der Waals surface area contributed by atoms with E-state index in [2.05, 4.69) is 13.8 Å². The molecule has 3 heteroatoms. The third kappa shape index (κ3) is 3.51. The van der Waals surface area contributed by atoms with Crippen LogP contribution in [0.2, 0.25) is 0 Å². The molecule has 0 saturated heterocycles. The SMILES string of the molecule is CC(C)C(C)OCC(O)c1ccccc1N. The van der Waals surface area contributed by atoms with E-state index in [1.54, 1.807) is 6.07 Å². The van der Waals surface area contributed by atoms with Crippen molar-refractivity contribution < 1.29 is 9.84 Å². The van der Waals surface area contributed by atoms with Crippen LogP contribution in [0.3, 0.4) is 0 Å². The number of hydrogen-bond acceptors (Lipinski definition) is 3. The van der Waals surface area contributed by atoms with Crippen molar-refractivity contribution in [3.05, 3.63) is 29.8 Å². The quantitative estimate of drug-likeness (QED) is 0.753. The van der Waals surface area contributed by atoms with Gasteiger partial charge in [0, 0.05) is 11.3 Å². The zero-order valence-electron chi connectivity index (χ0n) is 10.2. The van der Waals surface area contributed by atoms with E-state index < -0.39 is 6.10 Å². The molecular formula is C13H21NO2. The second-order valence-electron chi connectivity index (χ2n) is 4.43. The molecule has 0 heterocycles. The van der Waals surface area contributed by atoms with Gasteiger partial charge < -0.3 is 15.6 Å². The number of ether oxygens (including phenoxy) is 1. The Morgan fingerprint density at radius 1 is 1.25 bits per heavy atom. The van der Waals surface area contributed by atoms with Gasteiger partial charge in [-0.3, -0.25) is 0 Å². The maximum absolute atomic E-state index is 9.93. The maximum atomic E-state index is 9.93. The molecule has 0 aliphatic rings. The van der Waals surface area contributed by atoms with Crippen LogP contribution in [0, 0.1) is 5.92 Å². The lowest BCUT2D eigenvalue weighted by Crippen LogP contribution is -2.19. The number of para-hydroxylation sites is 1. The average Bonchev–Trinajstić information content (AvgIpc) is 2.25. The lowest BCUT2D eigenvalue weighted by Gasteiger charge is -2.20. The normalized spacial score (nSPS) is 15.1. The number of hydrogen-bond donors (Lipinski definition) is 2. The van der Waals surface area contributed by atoms with Crippen LogP contribution in [0.5, 0.6) is 0 Å². The fraction of sp³-hybridized carbons (Fsp3) is 0.538. The Balaban J connectivity index is 2.53. The molecule has 0 aliphatic heterocycles. The van der Waals surface area contributed by atoms with Crippen LogP contribution in [0.4, 0.5) is 5.69 Å². The molecule has 0 saturated carbocycles.